The molecule has 2 aliphatic heterocycles. The van der Waals surface area contributed by atoms with E-state index in [1.807, 2.05) is 0 Å². The van der Waals surface area contributed by atoms with Gasteiger partial charge in [0, 0.05) is 44.6 Å². The minimum Gasteiger partial charge on any atom is -0.370 e. The number of nitrogens with two attached hydrogens (primary N) is 1. The molecule has 3 unspecified atom stereocenters. The lowest BCUT2D eigenvalue weighted by Gasteiger charge is -2.46. The maximum absolute atomic E-state index is 12.1. The standard InChI is InChI=1S/C32H39N3O/c33-31(36)20-29(28-14-8-3-9-15-28)21-32-24-34(18-16-26-10-4-1-5-11-26)19-17-30(32)23-35(25-32)22-27-12-6-2-7-13-27/h1-15,29-30H,16-25H2,(H2,33,36). The second-order valence-corrected chi connectivity index (χ2v) is 11.0. The molecule has 0 bridgehead atoms. The molecule has 4 nitrogen and oxygen atoms in total. The van der Waals surface area contributed by atoms with Crippen LogP contribution in [0.1, 0.15) is 41.9 Å². The van der Waals surface area contributed by atoms with Crippen molar-refractivity contribution in [2.75, 3.05) is 32.7 Å². The van der Waals surface area contributed by atoms with Crippen LogP contribution in [-0.2, 0) is 17.8 Å². The van der Waals surface area contributed by atoms with E-state index in [9.17, 15) is 4.79 Å². The quantitative estimate of drug-likeness (QED) is 0.438. The Morgan fingerprint density at radius 3 is 2.14 bits per heavy atom. The number of nitrogens with zero attached hydrogens (tertiary/aromatic N) is 2. The molecule has 0 saturated carbocycles. The van der Waals surface area contributed by atoms with Gasteiger partial charge in [0.05, 0.1) is 0 Å². The van der Waals surface area contributed by atoms with E-state index in [0.29, 0.717) is 12.3 Å². The fourth-order valence-corrected chi connectivity index (χ4v) is 6.73. The van der Waals surface area contributed by atoms with Crippen LogP contribution < -0.4 is 5.73 Å². The van der Waals surface area contributed by atoms with Gasteiger partial charge in [0.15, 0.2) is 0 Å². The Kier molecular flexibility index (Phi) is 7.84. The molecule has 188 valence electrons. The number of likely N-dealkylation sites (tertiary alicyclic amines) is 2. The van der Waals surface area contributed by atoms with Crippen LogP contribution in [0.4, 0.5) is 0 Å². The first kappa shape index (κ1) is 24.7. The average Bonchev–Trinajstić information content (AvgIpc) is 3.25. The summed E-state index contributed by atoms with van der Waals surface area (Å²) in [6.45, 7) is 6.55. The number of hydrogen-bond acceptors (Lipinski definition) is 3. The zero-order chi connectivity index (χ0) is 24.8. The minimum absolute atomic E-state index is 0.164. The third-order valence-electron chi connectivity index (χ3n) is 8.40. The molecule has 2 aliphatic rings. The van der Waals surface area contributed by atoms with Gasteiger partial charge in [0.1, 0.15) is 0 Å². The van der Waals surface area contributed by atoms with Gasteiger partial charge in [-0.15, -0.1) is 0 Å². The summed E-state index contributed by atoms with van der Waals surface area (Å²) >= 11 is 0. The van der Waals surface area contributed by atoms with Gasteiger partial charge in [-0.1, -0.05) is 91.0 Å². The molecule has 2 fully saturated rings. The van der Waals surface area contributed by atoms with Crippen molar-refractivity contribution in [2.45, 2.75) is 38.1 Å². The third kappa shape index (κ3) is 6.05. The molecule has 3 aromatic rings. The first-order valence-corrected chi connectivity index (χ1v) is 13.5. The third-order valence-corrected chi connectivity index (χ3v) is 8.40. The van der Waals surface area contributed by atoms with Crippen LogP contribution in [0.25, 0.3) is 0 Å². The van der Waals surface area contributed by atoms with E-state index in [4.69, 9.17) is 5.73 Å². The van der Waals surface area contributed by atoms with Crippen molar-refractivity contribution in [1.29, 1.82) is 0 Å². The summed E-state index contributed by atoms with van der Waals surface area (Å²) < 4.78 is 0. The Labute approximate surface area is 216 Å². The number of fused-ring (bicyclic) bond motifs is 1. The number of carbonyl (C=O) groups is 1. The molecule has 36 heavy (non-hydrogen) atoms. The van der Waals surface area contributed by atoms with Crippen LogP contribution >= 0.6 is 0 Å². The van der Waals surface area contributed by atoms with Crippen LogP contribution in [0.5, 0.6) is 0 Å². The maximum Gasteiger partial charge on any atom is 0.218 e. The van der Waals surface area contributed by atoms with Gasteiger partial charge in [-0.25, -0.2) is 0 Å². The Hall–Kier alpha value is -2.95. The van der Waals surface area contributed by atoms with Crippen molar-refractivity contribution in [3.05, 3.63) is 108 Å². The number of hydrogen-bond donors (Lipinski definition) is 1. The van der Waals surface area contributed by atoms with Crippen molar-refractivity contribution in [1.82, 2.24) is 9.80 Å². The molecule has 1 amide bonds. The first-order valence-electron chi connectivity index (χ1n) is 13.5. The Morgan fingerprint density at radius 1 is 0.861 bits per heavy atom. The van der Waals surface area contributed by atoms with Crippen LogP contribution in [-0.4, -0.2) is 48.4 Å². The van der Waals surface area contributed by atoms with Gasteiger partial charge in [-0.3, -0.25) is 9.69 Å². The molecule has 5 rings (SSSR count). The molecule has 3 aromatic carbocycles. The Bertz CT molecular complexity index is 1100. The number of carbonyl (C=O) groups excluding carboxylic acids is 1. The molecule has 0 aromatic heterocycles. The van der Waals surface area contributed by atoms with Crippen molar-refractivity contribution >= 4 is 5.91 Å². The second-order valence-electron chi connectivity index (χ2n) is 11.0. The summed E-state index contributed by atoms with van der Waals surface area (Å²) in [6.07, 6.45) is 3.73. The lowest BCUT2D eigenvalue weighted by Crippen LogP contribution is -2.50. The summed E-state index contributed by atoms with van der Waals surface area (Å²) in [5.41, 5.74) is 9.97. The van der Waals surface area contributed by atoms with Crippen molar-refractivity contribution < 1.29 is 4.79 Å². The highest BCUT2D eigenvalue weighted by atomic mass is 16.1. The van der Waals surface area contributed by atoms with Crippen molar-refractivity contribution in [3.63, 3.8) is 0 Å². The fraction of sp³-hybridized carbons (Fsp3) is 0.406. The fourth-order valence-electron chi connectivity index (χ4n) is 6.73. The predicted molar refractivity (Wildman–Crippen MR) is 146 cm³/mol. The van der Waals surface area contributed by atoms with Gasteiger partial charge in [-0.05, 0) is 54.3 Å². The normalized spacial score (nSPS) is 23.3. The highest BCUT2D eigenvalue weighted by Gasteiger charge is 2.50. The van der Waals surface area contributed by atoms with Crippen molar-refractivity contribution in [3.8, 4) is 0 Å². The number of amides is 1. The van der Waals surface area contributed by atoms with E-state index in [1.54, 1.807) is 0 Å². The topological polar surface area (TPSA) is 49.6 Å². The number of benzene rings is 3. The monoisotopic (exact) mass is 481 g/mol. The van der Waals surface area contributed by atoms with Gasteiger partial charge in [0.2, 0.25) is 5.91 Å². The minimum atomic E-state index is -0.201. The molecule has 0 spiro atoms. The van der Waals surface area contributed by atoms with Gasteiger partial charge in [-0.2, -0.15) is 0 Å². The molecule has 2 saturated heterocycles. The molecular formula is C32H39N3O. The lowest BCUT2D eigenvalue weighted by atomic mass is 9.66. The van der Waals surface area contributed by atoms with E-state index < -0.39 is 0 Å². The highest BCUT2D eigenvalue weighted by molar-refractivity contribution is 5.74. The number of rotatable bonds is 10. The van der Waals surface area contributed by atoms with Crippen LogP contribution in [0.3, 0.4) is 0 Å². The summed E-state index contributed by atoms with van der Waals surface area (Å²) in [4.78, 5) is 17.5. The molecule has 2 heterocycles. The Morgan fingerprint density at radius 2 is 1.47 bits per heavy atom. The summed E-state index contributed by atoms with van der Waals surface area (Å²) in [7, 11) is 0. The summed E-state index contributed by atoms with van der Waals surface area (Å²) in [5, 5.41) is 0. The smallest absolute Gasteiger partial charge is 0.218 e. The molecular weight excluding hydrogens is 442 g/mol. The van der Waals surface area contributed by atoms with Crippen molar-refractivity contribution in [2.24, 2.45) is 17.1 Å². The van der Waals surface area contributed by atoms with E-state index >= 15 is 0 Å². The second kappa shape index (κ2) is 11.4. The molecule has 0 aliphatic carbocycles. The van der Waals surface area contributed by atoms with E-state index in [-0.39, 0.29) is 17.2 Å². The zero-order valence-corrected chi connectivity index (χ0v) is 21.3. The largest absolute Gasteiger partial charge is 0.370 e. The van der Waals surface area contributed by atoms with E-state index in [1.165, 1.54) is 23.1 Å². The predicted octanol–water partition coefficient (Wildman–Crippen LogP) is 5.10. The highest BCUT2D eigenvalue weighted by Crippen LogP contribution is 2.49. The molecule has 4 heteroatoms. The SMILES string of the molecule is NC(=O)CC(CC12CN(CCc3ccccc3)CCC1CN(Cc1ccccc1)C2)c1ccccc1. The maximum atomic E-state index is 12.1. The number of primary amides is 1. The van der Waals surface area contributed by atoms with Gasteiger partial charge < -0.3 is 10.6 Å². The summed E-state index contributed by atoms with van der Waals surface area (Å²) in [5.74, 6) is 0.609. The molecule has 3 atom stereocenters. The van der Waals surface area contributed by atoms with E-state index in [2.05, 4.69) is 101 Å². The van der Waals surface area contributed by atoms with Crippen LogP contribution in [0.15, 0.2) is 91.0 Å². The van der Waals surface area contributed by atoms with Gasteiger partial charge in [0.25, 0.3) is 0 Å². The molecule has 2 N–H and O–H groups in total. The zero-order valence-electron chi connectivity index (χ0n) is 21.3. The van der Waals surface area contributed by atoms with Crippen LogP contribution in [0.2, 0.25) is 0 Å². The Balaban J connectivity index is 1.37. The lowest BCUT2D eigenvalue weighted by molar-refractivity contribution is -0.118. The van der Waals surface area contributed by atoms with Gasteiger partial charge >= 0.3 is 0 Å². The average molecular weight is 482 g/mol. The van der Waals surface area contributed by atoms with E-state index in [0.717, 1.165) is 52.1 Å². The number of piperidine rings is 1. The van der Waals surface area contributed by atoms with Crippen LogP contribution in [0, 0.1) is 11.3 Å². The molecule has 0 radical (unpaired) electrons. The first-order chi connectivity index (χ1) is 17.6. The summed E-state index contributed by atoms with van der Waals surface area (Å²) in [6, 6.07) is 32.2.